The molecule has 0 atom stereocenters. The van der Waals surface area contributed by atoms with Gasteiger partial charge in [0.2, 0.25) is 14.3 Å². The highest BCUT2D eigenvalue weighted by Gasteiger charge is 2.22. The van der Waals surface area contributed by atoms with Crippen molar-refractivity contribution in [3.05, 3.63) is 35.9 Å². The second-order valence-corrected chi connectivity index (χ2v) is 8.58. The lowest BCUT2D eigenvalue weighted by atomic mass is 10.2. The summed E-state index contributed by atoms with van der Waals surface area (Å²) in [6.07, 6.45) is 1.13. The third-order valence-corrected chi connectivity index (χ3v) is 6.03. The molecule has 0 aromatic heterocycles. The van der Waals surface area contributed by atoms with Crippen LogP contribution in [-0.2, 0) is 26.6 Å². The molecular formula is C12H18N2O4S3. The molecule has 1 aromatic carbocycles. The highest BCUT2D eigenvalue weighted by atomic mass is 32.2. The molecule has 0 heterocycles. The minimum atomic E-state index is -4.03. The number of sulfonamides is 2. The quantitative estimate of drug-likeness (QED) is 0.719. The zero-order valence-corrected chi connectivity index (χ0v) is 14.0. The maximum absolute atomic E-state index is 11.9. The molecule has 0 saturated heterocycles. The van der Waals surface area contributed by atoms with Crippen molar-refractivity contribution in [3.8, 4) is 0 Å². The predicted octanol–water partition coefficient (Wildman–Crippen LogP) is 1.11. The molecule has 0 amide bonds. The molecule has 0 aliphatic heterocycles. The van der Waals surface area contributed by atoms with Crippen LogP contribution in [-0.4, -0.2) is 26.9 Å². The van der Waals surface area contributed by atoms with E-state index < -0.39 is 24.4 Å². The molecule has 118 valence electrons. The van der Waals surface area contributed by atoms with Gasteiger partial charge in [0.05, 0.1) is 5.75 Å². The van der Waals surface area contributed by atoms with Crippen molar-refractivity contribution < 1.29 is 16.8 Å². The summed E-state index contributed by atoms with van der Waals surface area (Å²) < 4.78 is 50.5. The number of hydrogen-bond donors (Lipinski definition) is 2. The predicted molar refractivity (Wildman–Crippen MR) is 86.6 cm³/mol. The van der Waals surface area contributed by atoms with Crippen molar-refractivity contribution >= 4 is 36.6 Å². The van der Waals surface area contributed by atoms with Gasteiger partial charge < -0.3 is 0 Å². The number of rotatable bonds is 7. The molecule has 0 spiro atoms. The monoisotopic (exact) mass is 350 g/mol. The Morgan fingerprint density at radius 3 is 2.33 bits per heavy atom. The van der Waals surface area contributed by atoms with Gasteiger partial charge >= 0.3 is 0 Å². The Balaban J connectivity index is 2.64. The van der Waals surface area contributed by atoms with Crippen LogP contribution >= 0.6 is 12.2 Å². The zero-order chi connectivity index (χ0) is 15.9. The van der Waals surface area contributed by atoms with Crippen molar-refractivity contribution in [2.75, 3.05) is 5.75 Å². The maximum Gasteiger partial charge on any atom is 0.267 e. The number of unbranched alkanes of at least 4 members (excludes halogenated alkanes) is 1. The first kappa shape index (κ1) is 18.0. The molecule has 1 aromatic rings. The smallest absolute Gasteiger partial charge is 0.263 e. The van der Waals surface area contributed by atoms with Crippen LogP contribution in [0, 0.1) is 0 Å². The fourth-order valence-corrected chi connectivity index (χ4v) is 4.30. The van der Waals surface area contributed by atoms with Crippen molar-refractivity contribution in [1.82, 2.24) is 9.44 Å². The molecule has 0 unspecified atom stereocenters. The summed E-state index contributed by atoms with van der Waals surface area (Å²) in [5.74, 6) is -0.155. The fourth-order valence-electron chi connectivity index (χ4n) is 1.41. The van der Waals surface area contributed by atoms with E-state index in [9.17, 15) is 16.8 Å². The largest absolute Gasteiger partial charge is 0.267 e. The Kier molecular flexibility index (Phi) is 6.72. The van der Waals surface area contributed by atoms with Crippen LogP contribution in [0.1, 0.15) is 25.3 Å². The normalized spacial score (nSPS) is 12.0. The third-order valence-electron chi connectivity index (χ3n) is 2.56. The average molecular weight is 350 g/mol. The summed E-state index contributed by atoms with van der Waals surface area (Å²) in [7, 11) is -7.74. The maximum atomic E-state index is 11.9. The summed E-state index contributed by atoms with van der Waals surface area (Å²) in [6.45, 7) is 1.88. The number of benzene rings is 1. The molecule has 6 nitrogen and oxygen atoms in total. The van der Waals surface area contributed by atoms with E-state index in [0.717, 1.165) is 5.56 Å². The van der Waals surface area contributed by atoms with Crippen molar-refractivity contribution in [3.63, 3.8) is 0 Å². The number of hydrogen-bond acceptors (Lipinski definition) is 5. The summed E-state index contributed by atoms with van der Waals surface area (Å²) in [5.41, 5.74) is 0.748. The Morgan fingerprint density at radius 1 is 1.14 bits per heavy atom. The first-order chi connectivity index (χ1) is 9.77. The van der Waals surface area contributed by atoms with Crippen LogP contribution < -0.4 is 9.44 Å². The Hall–Kier alpha value is -1.03. The van der Waals surface area contributed by atoms with Gasteiger partial charge in [-0.25, -0.2) is 21.6 Å². The number of nitrogens with one attached hydrogen (secondary N) is 2. The Morgan fingerprint density at radius 2 is 1.76 bits per heavy atom. The van der Waals surface area contributed by atoms with Crippen molar-refractivity contribution in [2.45, 2.75) is 26.3 Å². The lowest BCUT2D eigenvalue weighted by molar-refractivity contribution is 0.584. The first-order valence-electron chi connectivity index (χ1n) is 6.35. The highest BCUT2D eigenvalue weighted by molar-refractivity contribution is 8.17. The van der Waals surface area contributed by atoms with Crippen LogP contribution in [0.5, 0.6) is 0 Å². The molecule has 2 N–H and O–H groups in total. The zero-order valence-electron chi connectivity index (χ0n) is 11.6. The highest BCUT2D eigenvalue weighted by Crippen LogP contribution is 2.01. The molecule has 0 fully saturated rings. The van der Waals surface area contributed by atoms with Crippen LogP contribution in [0.4, 0.5) is 0 Å². The van der Waals surface area contributed by atoms with Crippen LogP contribution in [0.3, 0.4) is 0 Å². The van der Waals surface area contributed by atoms with Gasteiger partial charge in [-0.15, -0.1) is 0 Å². The van der Waals surface area contributed by atoms with E-state index in [1.165, 1.54) is 0 Å². The van der Waals surface area contributed by atoms with Crippen molar-refractivity contribution in [2.24, 2.45) is 0 Å². The average Bonchev–Trinajstić information content (AvgIpc) is 2.44. The van der Waals surface area contributed by atoms with E-state index in [0.29, 0.717) is 12.8 Å². The first-order valence-corrected chi connectivity index (χ1v) is 9.89. The van der Waals surface area contributed by atoms with E-state index in [1.807, 2.05) is 17.7 Å². The molecule has 0 bridgehead atoms. The van der Waals surface area contributed by atoms with Gasteiger partial charge in [-0.2, -0.15) is 0 Å². The lowest BCUT2D eigenvalue weighted by Crippen LogP contribution is -2.41. The van der Waals surface area contributed by atoms with E-state index in [-0.39, 0.29) is 12.3 Å². The lowest BCUT2D eigenvalue weighted by Gasteiger charge is -2.10. The van der Waals surface area contributed by atoms with Crippen LogP contribution in [0.2, 0.25) is 0 Å². The Labute approximate surface area is 131 Å². The summed E-state index contributed by atoms with van der Waals surface area (Å²) in [4.78, 5) is 0. The van der Waals surface area contributed by atoms with Gasteiger partial charge in [-0.1, -0.05) is 43.7 Å². The van der Waals surface area contributed by atoms with Gasteiger partial charge in [0.1, 0.15) is 0 Å². The van der Waals surface area contributed by atoms with Crippen molar-refractivity contribution in [1.29, 1.82) is 0 Å². The second kappa shape index (κ2) is 7.83. The standard InChI is InChI=1S/C12H18N2O4S3/c1-2-3-9-20(15,16)14-12(19)21(17,18)13-10-11-7-5-4-6-8-11/h4-8,13H,2-3,9-10H2,1H3,(H,14,19). The fraction of sp³-hybridized carbons (Fsp3) is 0.417. The van der Waals surface area contributed by atoms with E-state index in [2.05, 4.69) is 16.9 Å². The summed E-state index contributed by atoms with van der Waals surface area (Å²) in [5, 5.41) is 0. The van der Waals surface area contributed by atoms with Gasteiger partial charge in [-0.3, -0.25) is 4.72 Å². The SMILES string of the molecule is CCCCS(=O)(=O)NC(=S)S(=O)(=O)NCc1ccccc1. The van der Waals surface area contributed by atoms with E-state index in [1.54, 1.807) is 24.3 Å². The molecule has 0 saturated carbocycles. The van der Waals surface area contributed by atoms with E-state index >= 15 is 0 Å². The molecule has 1 rings (SSSR count). The van der Waals surface area contributed by atoms with E-state index in [4.69, 9.17) is 0 Å². The topological polar surface area (TPSA) is 92.3 Å². The minimum Gasteiger partial charge on any atom is -0.263 e. The third kappa shape index (κ3) is 6.51. The second-order valence-electron chi connectivity index (χ2n) is 4.37. The molecule has 21 heavy (non-hydrogen) atoms. The summed E-state index contributed by atoms with van der Waals surface area (Å²) in [6, 6.07) is 8.85. The summed E-state index contributed by atoms with van der Waals surface area (Å²) >= 11 is 4.66. The molecule has 0 radical (unpaired) electrons. The molecular weight excluding hydrogens is 332 g/mol. The Bertz CT molecular complexity index is 670. The number of thiocarbonyl (C=S) groups is 1. The molecule has 0 aliphatic rings. The van der Waals surface area contributed by atoms with Gasteiger partial charge in [0.15, 0.2) is 0 Å². The van der Waals surface area contributed by atoms with Gasteiger partial charge in [0, 0.05) is 6.54 Å². The molecule has 9 heteroatoms. The minimum absolute atomic E-state index is 0.0417. The van der Waals surface area contributed by atoms with Gasteiger partial charge in [-0.05, 0) is 24.2 Å². The van der Waals surface area contributed by atoms with Crippen LogP contribution in [0.25, 0.3) is 0 Å². The van der Waals surface area contributed by atoms with Crippen LogP contribution in [0.15, 0.2) is 30.3 Å². The molecule has 0 aliphatic carbocycles. The van der Waals surface area contributed by atoms with Gasteiger partial charge in [0.25, 0.3) is 10.0 Å².